The summed E-state index contributed by atoms with van der Waals surface area (Å²) >= 11 is 0. The first-order valence-electron chi connectivity index (χ1n) is 7.84. The molecule has 25 heavy (non-hydrogen) atoms. The number of rotatable bonds is 4. The predicted octanol–water partition coefficient (Wildman–Crippen LogP) is 1.49. The molecule has 1 saturated carbocycles. The van der Waals surface area contributed by atoms with Crippen molar-refractivity contribution in [2.45, 2.75) is 24.2 Å². The fourth-order valence-corrected chi connectivity index (χ4v) is 5.63. The van der Waals surface area contributed by atoms with Crippen LogP contribution in [0.25, 0.3) is 0 Å². The second kappa shape index (κ2) is 6.06. The Hall–Kier alpha value is -2.00. The number of esters is 1. The Labute approximate surface area is 144 Å². The second-order valence-corrected chi connectivity index (χ2v) is 8.39. The molecule has 0 spiro atoms. The van der Waals surface area contributed by atoms with E-state index in [1.54, 1.807) is 0 Å². The molecular formula is C16H18FNO6S. The summed E-state index contributed by atoms with van der Waals surface area (Å²) in [6.07, 6.45) is 1.81. The Kier molecular flexibility index (Phi) is 4.32. The minimum atomic E-state index is -4.15. The van der Waals surface area contributed by atoms with E-state index < -0.39 is 38.8 Å². The lowest BCUT2D eigenvalue weighted by molar-refractivity contribution is -0.149. The van der Waals surface area contributed by atoms with Gasteiger partial charge in [-0.25, -0.2) is 17.6 Å². The number of carbonyl (C=O) groups is 2. The van der Waals surface area contributed by atoms with Gasteiger partial charge in [-0.1, -0.05) is 6.42 Å². The summed E-state index contributed by atoms with van der Waals surface area (Å²) in [5, 5.41) is 9.60. The molecule has 1 heterocycles. The molecule has 0 radical (unpaired) electrons. The summed E-state index contributed by atoms with van der Waals surface area (Å²) in [7, 11) is -3.08. The summed E-state index contributed by atoms with van der Waals surface area (Å²) < 4.78 is 45.1. The van der Waals surface area contributed by atoms with Crippen molar-refractivity contribution in [1.82, 2.24) is 4.31 Å². The van der Waals surface area contributed by atoms with Gasteiger partial charge in [-0.2, -0.15) is 4.31 Å². The highest BCUT2D eigenvalue weighted by atomic mass is 32.2. The summed E-state index contributed by atoms with van der Waals surface area (Å²) in [6, 6.07) is 2.77. The largest absolute Gasteiger partial charge is 0.481 e. The van der Waals surface area contributed by atoms with E-state index >= 15 is 0 Å². The Balaban J connectivity index is 2.02. The number of sulfonamides is 1. The number of carboxylic acid groups (broad SMARTS) is 1. The minimum absolute atomic E-state index is 0.0760. The van der Waals surface area contributed by atoms with E-state index in [0.717, 1.165) is 36.0 Å². The molecule has 2 atom stereocenters. The molecule has 136 valence electrons. The van der Waals surface area contributed by atoms with Gasteiger partial charge < -0.3 is 9.84 Å². The lowest BCUT2D eigenvalue weighted by Gasteiger charge is -2.23. The maximum atomic E-state index is 13.5. The fourth-order valence-electron chi connectivity index (χ4n) is 3.91. The van der Waals surface area contributed by atoms with Crippen LogP contribution in [-0.2, 0) is 19.6 Å². The highest BCUT2D eigenvalue weighted by Crippen LogP contribution is 2.50. The zero-order valence-electron chi connectivity index (χ0n) is 13.6. The molecule has 3 rings (SSSR count). The topological polar surface area (TPSA) is 101 Å². The van der Waals surface area contributed by atoms with E-state index in [0.29, 0.717) is 12.8 Å². The van der Waals surface area contributed by atoms with Gasteiger partial charge in [-0.15, -0.1) is 0 Å². The minimum Gasteiger partial charge on any atom is -0.481 e. The maximum absolute atomic E-state index is 13.5. The predicted molar refractivity (Wildman–Crippen MR) is 83.9 cm³/mol. The van der Waals surface area contributed by atoms with Crippen LogP contribution in [-0.4, -0.2) is 50.0 Å². The van der Waals surface area contributed by atoms with E-state index in [2.05, 4.69) is 4.74 Å². The van der Waals surface area contributed by atoms with Gasteiger partial charge >= 0.3 is 11.9 Å². The van der Waals surface area contributed by atoms with Crippen molar-refractivity contribution in [3.05, 3.63) is 29.6 Å². The first-order chi connectivity index (χ1) is 11.7. The van der Waals surface area contributed by atoms with Crippen LogP contribution >= 0.6 is 0 Å². The zero-order chi connectivity index (χ0) is 18.4. The molecule has 0 bridgehead atoms. The van der Waals surface area contributed by atoms with Gasteiger partial charge in [0.15, 0.2) is 0 Å². The normalized spacial score (nSPS) is 26.4. The molecule has 1 aliphatic heterocycles. The highest BCUT2D eigenvalue weighted by molar-refractivity contribution is 7.89. The third-order valence-corrected chi connectivity index (χ3v) is 7.10. The molecule has 7 nitrogen and oxygen atoms in total. The Bertz CT molecular complexity index is 839. The SMILES string of the molecule is COC(=O)c1cc(F)ccc1S(=O)(=O)N1C[C@@H]2CCC[C@@]2(C(=O)O)C1. The molecule has 1 aromatic rings. The summed E-state index contributed by atoms with van der Waals surface area (Å²) in [5.74, 6) is -2.99. The summed E-state index contributed by atoms with van der Waals surface area (Å²) in [6.45, 7) is -0.0695. The Morgan fingerprint density at radius 2 is 2.12 bits per heavy atom. The Morgan fingerprint density at radius 3 is 2.72 bits per heavy atom. The zero-order valence-corrected chi connectivity index (χ0v) is 14.4. The van der Waals surface area contributed by atoms with E-state index in [1.165, 1.54) is 0 Å². The molecule has 0 amide bonds. The molecular weight excluding hydrogens is 353 g/mol. The first-order valence-corrected chi connectivity index (χ1v) is 9.28. The molecule has 1 aliphatic carbocycles. The standard InChI is InChI=1S/C16H18FNO6S/c1-24-14(19)12-7-11(17)4-5-13(12)25(22,23)18-8-10-3-2-6-16(10,9-18)15(20)21/h4-5,7,10H,2-3,6,8-9H2,1H3,(H,20,21)/t10-,16+/m0/s1. The van der Waals surface area contributed by atoms with E-state index in [9.17, 15) is 27.5 Å². The Morgan fingerprint density at radius 1 is 1.40 bits per heavy atom. The number of ether oxygens (including phenoxy) is 1. The van der Waals surface area contributed by atoms with Crippen molar-refractivity contribution in [2.24, 2.45) is 11.3 Å². The molecule has 1 aromatic carbocycles. The summed E-state index contributed by atoms with van der Waals surface area (Å²) in [5.41, 5.74) is -1.48. The van der Waals surface area contributed by atoms with Gasteiger partial charge in [-0.05, 0) is 37.0 Å². The highest BCUT2D eigenvalue weighted by Gasteiger charge is 2.57. The molecule has 0 aromatic heterocycles. The number of carbonyl (C=O) groups excluding carboxylic acids is 1. The number of benzene rings is 1. The van der Waals surface area contributed by atoms with Crippen molar-refractivity contribution in [3.63, 3.8) is 0 Å². The monoisotopic (exact) mass is 371 g/mol. The average Bonchev–Trinajstić information content (AvgIpc) is 3.12. The van der Waals surface area contributed by atoms with Gasteiger partial charge in [0.25, 0.3) is 0 Å². The third kappa shape index (κ3) is 2.71. The quantitative estimate of drug-likeness (QED) is 0.805. The number of hydrogen-bond donors (Lipinski definition) is 1. The number of nitrogens with zero attached hydrogens (tertiary/aromatic N) is 1. The average molecular weight is 371 g/mol. The van der Waals surface area contributed by atoms with Crippen LogP contribution in [0.5, 0.6) is 0 Å². The van der Waals surface area contributed by atoms with Crippen molar-refractivity contribution >= 4 is 22.0 Å². The van der Waals surface area contributed by atoms with Crippen LogP contribution < -0.4 is 0 Å². The second-order valence-electron chi connectivity index (χ2n) is 6.48. The summed E-state index contributed by atoms with van der Waals surface area (Å²) in [4.78, 5) is 23.2. The lowest BCUT2D eigenvalue weighted by Crippen LogP contribution is -2.37. The van der Waals surface area contributed by atoms with Crippen molar-refractivity contribution in [1.29, 1.82) is 0 Å². The van der Waals surface area contributed by atoms with Gasteiger partial charge in [0, 0.05) is 13.1 Å². The van der Waals surface area contributed by atoms with Crippen LogP contribution in [0.1, 0.15) is 29.6 Å². The number of carboxylic acids is 1. The molecule has 1 saturated heterocycles. The fraction of sp³-hybridized carbons (Fsp3) is 0.500. The first kappa shape index (κ1) is 17.8. The molecule has 2 fully saturated rings. The lowest BCUT2D eigenvalue weighted by atomic mass is 9.81. The van der Waals surface area contributed by atoms with E-state index in [1.807, 2.05) is 0 Å². The van der Waals surface area contributed by atoms with Crippen molar-refractivity contribution in [2.75, 3.05) is 20.2 Å². The number of halogens is 1. The van der Waals surface area contributed by atoms with Crippen LogP contribution in [0, 0.1) is 17.2 Å². The van der Waals surface area contributed by atoms with E-state index in [4.69, 9.17) is 0 Å². The van der Waals surface area contributed by atoms with Gasteiger partial charge in [-0.3, -0.25) is 4.79 Å². The third-order valence-electron chi connectivity index (χ3n) is 5.23. The van der Waals surface area contributed by atoms with E-state index in [-0.39, 0.29) is 23.9 Å². The van der Waals surface area contributed by atoms with Gasteiger partial charge in [0.2, 0.25) is 10.0 Å². The molecule has 0 unspecified atom stereocenters. The number of aliphatic carboxylic acids is 1. The molecule has 1 N–H and O–H groups in total. The van der Waals surface area contributed by atoms with Gasteiger partial charge in [0.05, 0.1) is 23.0 Å². The van der Waals surface area contributed by atoms with Crippen LogP contribution in [0.4, 0.5) is 4.39 Å². The molecule has 2 aliphatic rings. The number of fused-ring (bicyclic) bond motifs is 1. The van der Waals surface area contributed by atoms with Gasteiger partial charge in [0.1, 0.15) is 5.82 Å². The van der Waals surface area contributed by atoms with Crippen LogP contribution in [0.3, 0.4) is 0 Å². The maximum Gasteiger partial charge on any atom is 0.339 e. The smallest absolute Gasteiger partial charge is 0.339 e. The van der Waals surface area contributed by atoms with Crippen LogP contribution in [0.15, 0.2) is 23.1 Å². The van der Waals surface area contributed by atoms with Crippen molar-refractivity contribution < 1.29 is 32.2 Å². The number of hydrogen-bond acceptors (Lipinski definition) is 5. The van der Waals surface area contributed by atoms with Crippen LogP contribution in [0.2, 0.25) is 0 Å². The molecule has 9 heteroatoms. The van der Waals surface area contributed by atoms with Crippen molar-refractivity contribution in [3.8, 4) is 0 Å². The number of methoxy groups -OCH3 is 1.